The lowest BCUT2D eigenvalue weighted by atomic mass is 9.84. The van der Waals surface area contributed by atoms with Gasteiger partial charge in [0.25, 0.3) is 5.91 Å². The minimum absolute atomic E-state index is 0.0326. The molecule has 0 saturated carbocycles. The molecule has 1 saturated heterocycles. The van der Waals surface area contributed by atoms with Gasteiger partial charge in [-0.05, 0) is 54.7 Å². The molecule has 0 radical (unpaired) electrons. The Bertz CT molecular complexity index is 1040. The highest BCUT2D eigenvalue weighted by atomic mass is 16.2. The van der Waals surface area contributed by atoms with Crippen LogP contribution in [0.5, 0.6) is 0 Å². The van der Waals surface area contributed by atoms with E-state index in [-0.39, 0.29) is 11.2 Å². The van der Waals surface area contributed by atoms with Crippen molar-refractivity contribution in [3.63, 3.8) is 0 Å². The van der Waals surface area contributed by atoms with Crippen LogP contribution in [-0.2, 0) is 20.5 Å². The summed E-state index contributed by atoms with van der Waals surface area (Å²) in [4.78, 5) is 50.2. The molecule has 1 aliphatic heterocycles. The van der Waals surface area contributed by atoms with E-state index in [0.717, 1.165) is 10.5 Å². The number of carbonyl (C=O) groups excluding carboxylic acids is 4. The smallest absolute Gasteiger partial charge is 0.325 e. The quantitative estimate of drug-likeness (QED) is 0.570. The van der Waals surface area contributed by atoms with Crippen LogP contribution in [0.3, 0.4) is 0 Å². The van der Waals surface area contributed by atoms with Crippen LogP contribution < -0.4 is 10.6 Å². The highest BCUT2D eigenvalue weighted by molar-refractivity contribution is 6.10. The molecule has 162 valence electrons. The van der Waals surface area contributed by atoms with E-state index in [0.29, 0.717) is 16.8 Å². The third kappa shape index (κ3) is 4.50. The van der Waals surface area contributed by atoms with Crippen LogP contribution >= 0.6 is 0 Å². The van der Waals surface area contributed by atoms with Gasteiger partial charge in [0, 0.05) is 11.3 Å². The molecule has 0 aliphatic carbocycles. The van der Waals surface area contributed by atoms with Crippen molar-refractivity contribution in [2.75, 3.05) is 11.9 Å². The molecule has 0 aromatic heterocycles. The number of nitrogens with zero attached hydrogens (tertiary/aromatic N) is 1. The summed E-state index contributed by atoms with van der Waals surface area (Å²) in [5.74, 6) is -1.07. The van der Waals surface area contributed by atoms with Gasteiger partial charge in [-0.15, -0.1) is 0 Å². The molecule has 3 rings (SSSR count). The highest BCUT2D eigenvalue weighted by Crippen LogP contribution is 2.31. The number of rotatable bonds is 5. The van der Waals surface area contributed by atoms with E-state index in [4.69, 9.17) is 0 Å². The van der Waals surface area contributed by atoms with Gasteiger partial charge in [0.2, 0.25) is 5.91 Å². The van der Waals surface area contributed by atoms with Crippen LogP contribution in [0, 0.1) is 0 Å². The number of imide groups is 1. The monoisotopic (exact) mass is 421 g/mol. The van der Waals surface area contributed by atoms with Crippen molar-refractivity contribution in [1.29, 1.82) is 0 Å². The zero-order valence-electron chi connectivity index (χ0n) is 18.4. The predicted octanol–water partition coefficient (Wildman–Crippen LogP) is 3.59. The van der Waals surface area contributed by atoms with Gasteiger partial charge in [0.1, 0.15) is 12.1 Å². The minimum Gasteiger partial charge on any atom is -0.325 e. The Morgan fingerprint density at radius 1 is 1.00 bits per heavy atom. The third-order valence-corrected chi connectivity index (χ3v) is 5.48. The second-order valence-corrected chi connectivity index (χ2v) is 8.96. The Morgan fingerprint density at radius 3 is 2.10 bits per heavy atom. The van der Waals surface area contributed by atoms with E-state index in [1.54, 1.807) is 31.2 Å². The first-order valence-corrected chi connectivity index (χ1v) is 10.1. The normalized spacial score (nSPS) is 18.7. The molecular weight excluding hydrogens is 394 g/mol. The number of carbonyl (C=O) groups is 4. The van der Waals surface area contributed by atoms with E-state index in [1.165, 1.54) is 6.92 Å². The van der Waals surface area contributed by atoms with Gasteiger partial charge in [0.15, 0.2) is 5.78 Å². The van der Waals surface area contributed by atoms with Crippen molar-refractivity contribution in [3.8, 4) is 0 Å². The molecule has 2 aromatic carbocycles. The number of hydrogen-bond donors (Lipinski definition) is 2. The van der Waals surface area contributed by atoms with Crippen LogP contribution in [-0.4, -0.2) is 35.1 Å². The second kappa shape index (κ2) is 7.98. The molecule has 1 heterocycles. The Labute approximate surface area is 181 Å². The van der Waals surface area contributed by atoms with E-state index in [1.807, 2.05) is 24.3 Å². The Kier molecular flexibility index (Phi) is 5.72. The van der Waals surface area contributed by atoms with Crippen molar-refractivity contribution in [1.82, 2.24) is 10.2 Å². The number of urea groups is 1. The van der Waals surface area contributed by atoms with Gasteiger partial charge in [-0.3, -0.25) is 19.3 Å². The van der Waals surface area contributed by atoms with E-state index in [9.17, 15) is 19.2 Å². The molecule has 2 N–H and O–H groups in total. The Hall–Kier alpha value is -3.48. The summed E-state index contributed by atoms with van der Waals surface area (Å²) in [6.07, 6.45) is 0. The molecule has 2 aromatic rings. The maximum Gasteiger partial charge on any atom is 0.325 e. The summed E-state index contributed by atoms with van der Waals surface area (Å²) in [7, 11) is 0. The largest absolute Gasteiger partial charge is 0.325 e. The van der Waals surface area contributed by atoms with Gasteiger partial charge in [-0.25, -0.2) is 4.79 Å². The summed E-state index contributed by atoms with van der Waals surface area (Å²) < 4.78 is 0. The number of anilines is 1. The SMILES string of the molecule is CC(=O)c1ccc(NC(=O)CN2C(=O)NC(C)(c3ccc(C(C)(C)C)cc3)C2=O)cc1. The van der Waals surface area contributed by atoms with Crippen LogP contribution in [0.25, 0.3) is 0 Å². The zero-order valence-corrected chi connectivity index (χ0v) is 18.4. The lowest BCUT2D eigenvalue weighted by Crippen LogP contribution is -2.42. The number of hydrogen-bond acceptors (Lipinski definition) is 4. The third-order valence-electron chi connectivity index (χ3n) is 5.48. The van der Waals surface area contributed by atoms with Crippen LogP contribution in [0.15, 0.2) is 48.5 Å². The van der Waals surface area contributed by atoms with Crippen molar-refractivity contribution in [2.24, 2.45) is 0 Å². The molecule has 1 fully saturated rings. The van der Waals surface area contributed by atoms with E-state index in [2.05, 4.69) is 31.4 Å². The van der Waals surface area contributed by atoms with Gasteiger partial charge < -0.3 is 10.6 Å². The van der Waals surface area contributed by atoms with Crippen molar-refractivity contribution >= 4 is 29.3 Å². The number of nitrogens with one attached hydrogen (secondary N) is 2. The molecule has 0 bridgehead atoms. The lowest BCUT2D eigenvalue weighted by Gasteiger charge is -2.24. The standard InChI is InChI=1S/C24H27N3O4/c1-15(28)16-6-12-19(13-7-16)25-20(29)14-27-21(30)24(5,26-22(27)31)18-10-8-17(9-11-18)23(2,3)4/h6-13H,14H2,1-5H3,(H,25,29)(H,26,31). The molecular formula is C24H27N3O4. The van der Waals surface area contributed by atoms with Gasteiger partial charge in [-0.2, -0.15) is 0 Å². The van der Waals surface area contributed by atoms with Crippen LogP contribution in [0.4, 0.5) is 10.5 Å². The Morgan fingerprint density at radius 2 is 1.58 bits per heavy atom. The van der Waals surface area contributed by atoms with Gasteiger partial charge in [-0.1, -0.05) is 45.0 Å². The maximum absolute atomic E-state index is 13.1. The summed E-state index contributed by atoms with van der Waals surface area (Å²) in [6.45, 7) is 8.98. The number of amides is 4. The molecule has 7 heteroatoms. The first-order valence-electron chi connectivity index (χ1n) is 10.1. The van der Waals surface area contributed by atoms with Crippen LogP contribution in [0.2, 0.25) is 0 Å². The minimum atomic E-state index is -1.24. The Balaban J connectivity index is 1.72. The number of Topliss-reactive ketones (excluding diaryl/α,β-unsaturated/α-hetero) is 1. The molecule has 1 aliphatic rings. The molecule has 1 unspecified atom stereocenters. The van der Waals surface area contributed by atoms with E-state index < -0.39 is 29.9 Å². The molecule has 0 spiro atoms. The van der Waals surface area contributed by atoms with E-state index >= 15 is 0 Å². The first-order chi connectivity index (χ1) is 14.4. The summed E-state index contributed by atoms with van der Waals surface area (Å²) >= 11 is 0. The molecule has 31 heavy (non-hydrogen) atoms. The molecule has 1 atom stereocenters. The number of benzene rings is 2. The molecule has 7 nitrogen and oxygen atoms in total. The fourth-order valence-electron chi connectivity index (χ4n) is 3.47. The summed E-state index contributed by atoms with van der Waals surface area (Å²) in [5.41, 5.74) is 1.50. The van der Waals surface area contributed by atoms with Crippen LogP contribution in [0.1, 0.15) is 56.1 Å². The van der Waals surface area contributed by atoms with Gasteiger partial charge >= 0.3 is 6.03 Å². The first kappa shape index (κ1) is 22.2. The predicted molar refractivity (Wildman–Crippen MR) is 118 cm³/mol. The maximum atomic E-state index is 13.1. The average Bonchev–Trinajstić information content (AvgIpc) is 2.92. The fraction of sp³-hybridized carbons (Fsp3) is 0.333. The van der Waals surface area contributed by atoms with Crippen molar-refractivity contribution in [2.45, 2.75) is 45.6 Å². The van der Waals surface area contributed by atoms with Crippen molar-refractivity contribution < 1.29 is 19.2 Å². The zero-order chi connectivity index (χ0) is 23.0. The summed E-state index contributed by atoms with van der Waals surface area (Å²) in [5, 5.41) is 5.36. The second-order valence-electron chi connectivity index (χ2n) is 8.96. The van der Waals surface area contributed by atoms with Gasteiger partial charge in [0.05, 0.1) is 0 Å². The highest BCUT2D eigenvalue weighted by Gasteiger charge is 2.49. The average molecular weight is 421 g/mol. The fourth-order valence-corrected chi connectivity index (χ4v) is 3.47. The summed E-state index contributed by atoms with van der Waals surface area (Å²) in [6, 6.07) is 13.3. The van der Waals surface area contributed by atoms with Crippen molar-refractivity contribution in [3.05, 3.63) is 65.2 Å². The lowest BCUT2D eigenvalue weighted by molar-refractivity contribution is -0.133. The number of ketones is 1. The molecule has 4 amide bonds. The topological polar surface area (TPSA) is 95.6 Å².